The van der Waals surface area contributed by atoms with Crippen LogP contribution in [-0.4, -0.2) is 28.3 Å². The van der Waals surface area contributed by atoms with Crippen molar-refractivity contribution in [1.82, 2.24) is 9.97 Å². The van der Waals surface area contributed by atoms with Crippen molar-refractivity contribution < 1.29 is 9.84 Å². The van der Waals surface area contributed by atoms with E-state index in [0.717, 1.165) is 16.1 Å². The SMILES string of the molecule is CC(C)(C)c1ccc2nc(-c3ccc(OCCO)nc3)sc2c1. The van der Waals surface area contributed by atoms with Gasteiger partial charge < -0.3 is 9.84 Å². The van der Waals surface area contributed by atoms with Crippen molar-refractivity contribution in [2.45, 2.75) is 26.2 Å². The number of ether oxygens (including phenoxy) is 1. The zero-order valence-corrected chi connectivity index (χ0v) is 14.4. The average Bonchev–Trinajstić information content (AvgIpc) is 2.95. The summed E-state index contributed by atoms with van der Waals surface area (Å²) < 4.78 is 6.47. The molecule has 1 N–H and O–H groups in total. The Balaban J connectivity index is 1.91. The van der Waals surface area contributed by atoms with E-state index in [0.29, 0.717) is 5.88 Å². The third kappa shape index (κ3) is 3.51. The third-order valence-electron chi connectivity index (χ3n) is 3.58. The van der Waals surface area contributed by atoms with Crippen molar-refractivity contribution in [1.29, 1.82) is 0 Å². The zero-order valence-electron chi connectivity index (χ0n) is 13.5. The molecule has 3 rings (SSSR count). The molecule has 0 unspecified atom stereocenters. The Labute approximate surface area is 139 Å². The van der Waals surface area contributed by atoms with E-state index in [-0.39, 0.29) is 18.6 Å². The first-order chi connectivity index (χ1) is 11.0. The summed E-state index contributed by atoms with van der Waals surface area (Å²) in [6.07, 6.45) is 1.76. The summed E-state index contributed by atoms with van der Waals surface area (Å²) in [4.78, 5) is 8.95. The molecule has 0 saturated heterocycles. The number of pyridine rings is 1. The van der Waals surface area contributed by atoms with Gasteiger partial charge in [-0.3, -0.25) is 0 Å². The summed E-state index contributed by atoms with van der Waals surface area (Å²) in [6, 6.07) is 10.2. The first-order valence-electron chi connectivity index (χ1n) is 7.58. The highest BCUT2D eigenvalue weighted by molar-refractivity contribution is 7.21. The lowest BCUT2D eigenvalue weighted by atomic mass is 9.87. The van der Waals surface area contributed by atoms with E-state index in [1.54, 1.807) is 23.6 Å². The van der Waals surface area contributed by atoms with E-state index in [9.17, 15) is 0 Å². The predicted molar refractivity (Wildman–Crippen MR) is 94.1 cm³/mol. The van der Waals surface area contributed by atoms with Crippen molar-refractivity contribution in [2.24, 2.45) is 0 Å². The first-order valence-corrected chi connectivity index (χ1v) is 8.40. The smallest absolute Gasteiger partial charge is 0.213 e. The van der Waals surface area contributed by atoms with Crippen LogP contribution in [0.1, 0.15) is 26.3 Å². The quantitative estimate of drug-likeness (QED) is 0.786. The van der Waals surface area contributed by atoms with E-state index in [2.05, 4.69) is 44.0 Å². The van der Waals surface area contributed by atoms with Gasteiger partial charge in [-0.05, 0) is 29.2 Å². The molecule has 5 heteroatoms. The highest BCUT2D eigenvalue weighted by Gasteiger charge is 2.15. The molecule has 120 valence electrons. The summed E-state index contributed by atoms with van der Waals surface area (Å²) in [6.45, 7) is 6.88. The number of rotatable bonds is 4. The number of benzene rings is 1. The van der Waals surface area contributed by atoms with Gasteiger partial charge in [0.05, 0.1) is 16.8 Å². The van der Waals surface area contributed by atoms with E-state index in [1.165, 1.54) is 10.3 Å². The standard InChI is InChI=1S/C18H20N2O2S/c1-18(2,3)13-5-6-14-15(10-13)23-17(20-14)12-4-7-16(19-11-12)22-9-8-21/h4-7,10-11,21H,8-9H2,1-3H3. The molecular formula is C18H20N2O2S. The molecular weight excluding hydrogens is 308 g/mol. The lowest BCUT2D eigenvalue weighted by molar-refractivity contribution is 0.196. The van der Waals surface area contributed by atoms with Gasteiger partial charge in [0.25, 0.3) is 0 Å². The van der Waals surface area contributed by atoms with Gasteiger partial charge in [-0.25, -0.2) is 9.97 Å². The van der Waals surface area contributed by atoms with Crippen molar-refractivity contribution in [3.63, 3.8) is 0 Å². The molecule has 2 heterocycles. The molecule has 3 aromatic rings. The molecule has 0 aliphatic carbocycles. The van der Waals surface area contributed by atoms with Crippen LogP contribution in [0.3, 0.4) is 0 Å². The topological polar surface area (TPSA) is 55.2 Å². The van der Waals surface area contributed by atoms with Crippen LogP contribution in [0.2, 0.25) is 0 Å². The number of nitrogens with zero attached hydrogens (tertiary/aromatic N) is 2. The van der Waals surface area contributed by atoms with Crippen LogP contribution in [0.5, 0.6) is 5.88 Å². The Morgan fingerprint density at radius 3 is 2.65 bits per heavy atom. The molecule has 1 aromatic carbocycles. The second kappa shape index (κ2) is 6.26. The highest BCUT2D eigenvalue weighted by atomic mass is 32.1. The third-order valence-corrected chi connectivity index (χ3v) is 4.65. The minimum absolute atomic E-state index is 0.0165. The molecule has 0 aliphatic rings. The van der Waals surface area contributed by atoms with Crippen LogP contribution in [0.25, 0.3) is 20.8 Å². The fraction of sp³-hybridized carbons (Fsp3) is 0.333. The molecule has 0 spiro atoms. The number of fused-ring (bicyclic) bond motifs is 1. The lowest BCUT2D eigenvalue weighted by Gasteiger charge is -2.18. The van der Waals surface area contributed by atoms with Crippen LogP contribution < -0.4 is 4.74 Å². The molecule has 0 atom stereocenters. The second-order valence-electron chi connectivity index (χ2n) is 6.41. The van der Waals surface area contributed by atoms with Gasteiger partial charge >= 0.3 is 0 Å². The predicted octanol–water partition coefficient (Wildman–Crippen LogP) is 4.03. The van der Waals surface area contributed by atoms with Crippen LogP contribution >= 0.6 is 11.3 Å². The molecule has 0 fully saturated rings. The molecule has 0 bridgehead atoms. The summed E-state index contributed by atoms with van der Waals surface area (Å²) in [5.74, 6) is 0.513. The Morgan fingerprint density at radius 1 is 1.17 bits per heavy atom. The summed E-state index contributed by atoms with van der Waals surface area (Å²) in [5.41, 5.74) is 3.43. The molecule has 4 nitrogen and oxygen atoms in total. The molecule has 23 heavy (non-hydrogen) atoms. The van der Waals surface area contributed by atoms with Crippen LogP contribution in [0, 0.1) is 0 Å². The van der Waals surface area contributed by atoms with Gasteiger partial charge in [0, 0.05) is 17.8 Å². The van der Waals surface area contributed by atoms with Gasteiger partial charge in [0.15, 0.2) is 0 Å². The maximum atomic E-state index is 8.76. The van der Waals surface area contributed by atoms with E-state index in [1.807, 2.05) is 6.07 Å². The number of hydrogen-bond donors (Lipinski definition) is 1. The fourth-order valence-corrected chi connectivity index (χ4v) is 3.25. The second-order valence-corrected chi connectivity index (χ2v) is 7.44. The summed E-state index contributed by atoms with van der Waals surface area (Å²) in [5, 5.41) is 9.71. The number of hydrogen-bond acceptors (Lipinski definition) is 5. The van der Waals surface area contributed by atoms with Gasteiger partial charge in [-0.2, -0.15) is 0 Å². The van der Waals surface area contributed by atoms with Crippen molar-refractivity contribution in [3.05, 3.63) is 42.1 Å². The monoisotopic (exact) mass is 328 g/mol. The van der Waals surface area contributed by atoms with Crippen LogP contribution in [0.15, 0.2) is 36.5 Å². The Kier molecular flexibility index (Phi) is 4.33. The normalized spacial score (nSPS) is 11.8. The first kappa shape index (κ1) is 15.9. The summed E-state index contributed by atoms with van der Waals surface area (Å²) in [7, 11) is 0. The maximum absolute atomic E-state index is 8.76. The Bertz CT molecular complexity index is 804. The van der Waals surface area contributed by atoms with Crippen molar-refractivity contribution in [3.8, 4) is 16.5 Å². The lowest BCUT2D eigenvalue weighted by Crippen LogP contribution is -2.10. The number of thiazole rings is 1. The molecule has 2 aromatic heterocycles. The van der Waals surface area contributed by atoms with Gasteiger partial charge in [-0.1, -0.05) is 26.8 Å². The van der Waals surface area contributed by atoms with Gasteiger partial charge in [-0.15, -0.1) is 11.3 Å². The average molecular weight is 328 g/mol. The van der Waals surface area contributed by atoms with Crippen molar-refractivity contribution >= 4 is 21.6 Å². The van der Waals surface area contributed by atoms with Gasteiger partial charge in [0.1, 0.15) is 11.6 Å². The highest BCUT2D eigenvalue weighted by Crippen LogP contribution is 2.33. The summed E-state index contributed by atoms with van der Waals surface area (Å²) >= 11 is 1.67. The zero-order chi connectivity index (χ0) is 16.4. The van der Waals surface area contributed by atoms with Gasteiger partial charge in [0.2, 0.25) is 5.88 Å². The molecule has 0 saturated carbocycles. The maximum Gasteiger partial charge on any atom is 0.213 e. The van der Waals surface area contributed by atoms with Crippen LogP contribution in [-0.2, 0) is 5.41 Å². The Hall–Kier alpha value is -1.98. The fourth-order valence-electron chi connectivity index (χ4n) is 2.26. The van der Waals surface area contributed by atoms with E-state index in [4.69, 9.17) is 14.8 Å². The Morgan fingerprint density at radius 2 is 2.00 bits per heavy atom. The van der Waals surface area contributed by atoms with E-state index < -0.39 is 0 Å². The number of aliphatic hydroxyl groups excluding tert-OH is 1. The number of aliphatic hydroxyl groups is 1. The molecule has 0 radical (unpaired) electrons. The van der Waals surface area contributed by atoms with E-state index >= 15 is 0 Å². The minimum atomic E-state index is -0.0165. The molecule has 0 aliphatic heterocycles. The largest absolute Gasteiger partial charge is 0.475 e. The number of aromatic nitrogens is 2. The minimum Gasteiger partial charge on any atom is -0.475 e. The van der Waals surface area contributed by atoms with Crippen LogP contribution in [0.4, 0.5) is 0 Å². The molecule has 0 amide bonds. The van der Waals surface area contributed by atoms with Crippen molar-refractivity contribution in [2.75, 3.05) is 13.2 Å².